The Balaban J connectivity index is 2.69. The molecule has 20 heavy (non-hydrogen) atoms. The van der Waals surface area contributed by atoms with Crippen LogP contribution in [-0.2, 0) is 20.9 Å². The number of ether oxygens (including phenoxy) is 1. The molecule has 0 bridgehead atoms. The monoisotopic (exact) mass is 279 g/mol. The number of rotatable bonds is 7. The van der Waals surface area contributed by atoms with Gasteiger partial charge in [0.05, 0.1) is 0 Å². The van der Waals surface area contributed by atoms with Gasteiger partial charge in [-0.15, -0.1) is 0 Å². The highest BCUT2D eigenvalue weighted by atomic mass is 16.6. The van der Waals surface area contributed by atoms with E-state index in [-0.39, 0.29) is 25.2 Å². The highest BCUT2D eigenvalue weighted by Crippen LogP contribution is 2.20. The van der Waals surface area contributed by atoms with Crippen molar-refractivity contribution in [3.05, 3.63) is 46.0 Å². The Morgan fingerprint density at radius 3 is 2.40 bits per heavy atom. The Bertz CT molecular complexity index is 500. The van der Waals surface area contributed by atoms with Crippen LogP contribution in [-0.4, -0.2) is 22.2 Å². The molecule has 0 aliphatic carbocycles. The molecular formula is C14H17NO5. The Kier molecular flexibility index (Phi) is 5.37. The molecule has 0 radical (unpaired) electrons. The van der Waals surface area contributed by atoms with Gasteiger partial charge in [0.25, 0.3) is 0 Å². The SMILES string of the molecule is CC(=O)CCC(C)(C(=O)OCc1ccccc1)[N+](=O)[O-]. The Morgan fingerprint density at radius 2 is 1.90 bits per heavy atom. The summed E-state index contributed by atoms with van der Waals surface area (Å²) >= 11 is 0. The van der Waals surface area contributed by atoms with Gasteiger partial charge in [-0.3, -0.25) is 10.1 Å². The summed E-state index contributed by atoms with van der Waals surface area (Å²) in [6, 6.07) is 8.90. The lowest BCUT2D eigenvalue weighted by atomic mass is 9.95. The summed E-state index contributed by atoms with van der Waals surface area (Å²) in [5.74, 6) is -1.12. The summed E-state index contributed by atoms with van der Waals surface area (Å²) in [4.78, 5) is 33.2. The molecule has 6 heteroatoms. The minimum Gasteiger partial charge on any atom is -0.456 e. The zero-order chi connectivity index (χ0) is 15.2. The van der Waals surface area contributed by atoms with Crippen molar-refractivity contribution < 1.29 is 19.2 Å². The molecule has 1 rings (SSSR count). The van der Waals surface area contributed by atoms with Crippen LogP contribution in [0.1, 0.15) is 32.3 Å². The van der Waals surface area contributed by atoms with Gasteiger partial charge in [0, 0.05) is 24.7 Å². The number of hydrogen-bond donors (Lipinski definition) is 0. The number of esters is 1. The third-order valence-electron chi connectivity index (χ3n) is 3.02. The maximum atomic E-state index is 11.9. The lowest BCUT2D eigenvalue weighted by Gasteiger charge is -2.18. The predicted octanol–water partition coefficient (Wildman–Crippen LogP) is 2.13. The number of hydrogen-bond acceptors (Lipinski definition) is 5. The fraction of sp³-hybridized carbons (Fsp3) is 0.429. The summed E-state index contributed by atoms with van der Waals surface area (Å²) in [6.45, 7) is 2.49. The number of carbonyl (C=O) groups is 2. The van der Waals surface area contributed by atoms with Crippen molar-refractivity contribution in [3.8, 4) is 0 Å². The normalized spacial score (nSPS) is 13.3. The van der Waals surface area contributed by atoms with Gasteiger partial charge in [-0.05, 0) is 12.5 Å². The van der Waals surface area contributed by atoms with Gasteiger partial charge in [-0.25, -0.2) is 4.79 Å². The second-order valence-electron chi connectivity index (χ2n) is 4.79. The van der Waals surface area contributed by atoms with Crippen LogP contribution in [0.5, 0.6) is 0 Å². The number of carbonyl (C=O) groups excluding carboxylic acids is 2. The molecule has 0 saturated carbocycles. The number of benzene rings is 1. The summed E-state index contributed by atoms with van der Waals surface area (Å²) in [7, 11) is 0. The van der Waals surface area contributed by atoms with Gasteiger partial charge in [0.15, 0.2) is 0 Å². The van der Waals surface area contributed by atoms with Crippen LogP contribution in [0.25, 0.3) is 0 Å². The van der Waals surface area contributed by atoms with Crippen LogP contribution in [0.2, 0.25) is 0 Å². The van der Waals surface area contributed by atoms with Gasteiger partial charge in [0.2, 0.25) is 0 Å². The molecular weight excluding hydrogens is 262 g/mol. The van der Waals surface area contributed by atoms with Gasteiger partial charge < -0.3 is 9.53 Å². The first kappa shape index (κ1) is 15.8. The fourth-order valence-electron chi connectivity index (χ4n) is 1.57. The summed E-state index contributed by atoms with van der Waals surface area (Å²) in [5, 5.41) is 11.1. The molecule has 0 aromatic heterocycles. The first-order valence-corrected chi connectivity index (χ1v) is 6.21. The van der Waals surface area contributed by atoms with E-state index in [1.54, 1.807) is 24.3 Å². The van der Waals surface area contributed by atoms with Crippen molar-refractivity contribution in [2.45, 2.75) is 38.8 Å². The van der Waals surface area contributed by atoms with Crippen LogP contribution >= 0.6 is 0 Å². The smallest absolute Gasteiger partial charge is 0.384 e. The molecule has 0 fully saturated rings. The maximum absolute atomic E-state index is 11.9. The molecule has 1 aromatic carbocycles. The van der Waals surface area contributed by atoms with Crippen molar-refractivity contribution in [3.63, 3.8) is 0 Å². The topological polar surface area (TPSA) is 86.5 Å². The predicted molar refractivity (Wildman–Crippen MR) is 71.6 cm³/mol. The van der Waals surface area contributed by atoms with E-state index in [0.29, 0.717) is 0 Å². The standard InChI is InChI=1S/C14H17NO5/c1-11(16)8-9-14(2,15(18)19)13(17)20-10-12-6-4-3-5-7-12/h3-7H,8-10H2,1-2H3. The van der Waals surface area contributed by atoms with E-state index in [0.717, 1.165) is 5.56 Å². The average molecular weight is 279 g/mol. The minimum atomic E-state index is -1.89. The molecule has 0 spiro atoms. The largest absolute Gasteiger partial charge is 0.456 e. The molecule has 1 unspecified atom stereocenters. The van der Waals surface area contributed by atoms with Crippen LogP contribution in [0.4, 0.5) is 0 Å². The highest BCUT2D eigenvalue weighted by molar-refractivity contribution is 5.81. The molecule has 6 nitrogen and oxygen atoms in total. The van der Waals surface area contributed by atoms with Gasteiger partial charge in [0.1, 0.15) is 12.4 Å². The minimum absolute atomic E-state index is 0.0246. The molecule has 0 aliphatic heterocycles. The molecule has 1 atom stereocenters. The Labute approximate surface area is 116 Å². The van der Waals surface area contributed by atoms with E-state index < -0.39 is 16.4 Å². The highest BCUT2D eigenvalue weighted by Gasteiger charge is 2.47. The summed E-state index contributed by atoms with van der Waals surface area (Å²) in [6.07, 6.45) is -0.194. The zero-order valence-electron chi connectivity index (χ0n) is 11.5. The fourth-order valence-corrected chi connectivity index (χ4v) is 1.57. The number of Topliss-reactive ketones (excluding diaryl/α,β-unsaturated/α-hetero) is 1. The third-order valence-corrected chi connectivity index (χ3v) is 3.02. The molecule has 1 aromatic rings. The van der Waals surface area contributed by atoms with Crippen molar-refractivity contribution in [1.29, 1.82) is 0 Å². The van der Waals surface area contributed by atoms with E-state index in [2.05, 4.69) is 0 Å². The lowest BCUT2D eigenvalue weighted by Crippen LogP contribution is -2.45. The molecule has 0 heterocycles. The summed E-state index contributed by atoms with van der Waals surface area (Å²) in [5.41, 5.74) is -1.14. The van der Waals surface area contributed by atoms with Gasteiger partial charge >= 0.3 is 11.5 Å². The second kappa shape index (κ2) is 6.79. The molecule has 0 aliphatic rings. The van der Waals surface area contributed by atoms with Crippen LogP contribution in [0.3, 0.4) is 0 Å². The summed E-state index contributed by atoms with van der Waals surface area (Å²) < 4.78 is 4.99. The molecule has 0 N–H and O–H groups in total. The lowest BCUT2D eigenvalue weighted by molar-refractivity contribution is -0.551. The maximum Gasteiger partial charge on any atom is 0.384 e. The van der Waals surface area contributed by atoms with E-state index in [9.17, 15) is 19.7 Å². The Hall–Kier alpha value is -2.24. The average Bonchev–Trinajstić information content (AvgIpc) is 2.42. The van der Waals surface area contributed by atoms with Crippen molar-refractivity contribution >= 4 is 11.8 Å². The van der Waals surface area contributed by atoms with Crippen molar-refractivity contribution in [2.75, 3.05) is 0 Å². The van der Waals surface area contributed by atoms with Crippen molar-refractivity contribution in [2.24, 2.45) is 0 Å². The van der Waals surface area contributed by atoms with Crippen LogP contribution in [0.15, 0.2) is 30.3 Å². The first-order valence-electron chi connectivity index (χ1n) is 6.21. The Morgan fingerprint density at radius 1 is 1.30 bits per heavy atom. The molecule has 108 valence electrons. The van der Waals surface area contributed by atoms with Crippen molar-refractivity contribution in [1.82, 2.24) is 0 Å². The number of ketones is 1. The number of nitro groups is 1. The van der Waals surface area contributed by atoms with E-state index in [1.807, 2.05) is 6.07 Å². The number of nitrogens with zero attached hydrogens (tertiary/aromatic N) is 1. The van der Waals surface area contributed by atoms with Gasteiger partial charge in [-0.2, -0.15) is 0 Å². The first-order chi connectivity index (χ1) is 9.36. The quantitative estimate of drug-likeness (QED) is 0.433. The molecule has 0 amide bonds. The third kappa shape index (κ3) is 4.15. The van der Waals surface area contributed by atoms with E-state index in [4.69, 9.17) is 4.74 Å². The van der Waals surface area contributed by atoms with E-state index in [1.165, 1.54) is 13.8 Å². The van der Waals surface area contributed by atoms with Crippen LogP contribution < -0.4 is 0 Å². The second-order valence-corrected chi connectivity index (χ2v) is 4.79. The zero-order valence-corrected chi connectivity index (χ0v) is 11.5. The van der Waals surface area contributed by atoms with E-state index >= 15 is 0 Å². The van der Waals surface area contributed by atoms with Gasteiger partial charge in [-0.1, -0.05) is 30.3 Å². The van der Waals surface area contributed by atoms with Crippen LogP contribution in [0, 0.1) is 10.1 Å². The molecule has 0 saturated heterocycles.